The predicted molar refractivity (Wildman–Crippen MR) is 92.1 cm³/mol. The van der Waals surface area contributed by atoms with Gasteiger partial charge in [-0.2, -0.15) is 5.26 Å². The van der Waals surface area contributed by atoms with Crippen LogP contribution in [0.1, 0.15) is 43.4 Å². The number of nitrogens with one attached hydrogen (secondary N) is 1. The fourth-order valence-corrected chi connectivity index (χ4v) is 3.41. The average molecular weight is 310 g/mol. The van der Waals surface area contributed by atoms with E-state index in [4.69, 9.17) is 5.26 Å². The molecule has 0 radical (unpaired) electrons. The highest BCUT2D eigenvalue weighted by molar-refractivity contribution is 5.28. The summed E-state index contributed by atoms with van der Waals surface area (Å²) >= 11 is 0. The molecule has 4 heteroatoms. The van der Waals surface area contributed by atoms with E-state index in [-0.39, 0.29) is 11.5 Å². The van der Waals surface area contributed by atoms with Crippen LogP contribution in [-0.2, 0) is 6.54 Å². The zero-order chi connectivity index (χ0) is 16.3. The molecule has 2 heterocycles. The first kappa shape index (κ1) is 16.0. The van der Waals surface area contributed by atoms with Crippen LogP contribution in [0.2, 0.25) is 0 Å². The van der Waals surface area contributed by atoms with E-state index in [0.29, 0.717) is 6.42 Å². The molecular formula is C19H26N4. The molecule has 1 saturated heterocycles. The van der Waals surface area contributed by atoms with Gasteiger partial charge in [0.1, 0.15) is 0 Å². The van der Waals surface area contributed by atoms with Crippen molar-refractivity contribution in [1.82, 2.24) is 15.3 Å². The largest absolute Gasteiger partial charge is 0.318 e. The van der Waals surface area contributed by atoms with Gasteiger partial charge < -0.3 is 5.01 Å². The molecule has 2 aliphatic rings. The molecule has 3 rings (SSSR count). The molecule has 1 fully saturated rings. The maximum absolute atomic E-state index is 8.94. The Balaban J connectivity index is 1.53. The van der Waals surface area contributed by atoms with Gasteiger partial charge in [0.25, 0.3) is 0 Å². The fourth-order valence-electron chi connectivity index (χ4n) is 3.41. The number of hydrogen-bond acceptors (Lipinski definition) is 4. The summed E-state index contributed by atoms with van der Waals surface area (Å²) < 4.78 is 0. The third-order valence-corrected chi connectivity index (χ3v) is 5.16. The summed E-state index contributed by atoms with van der Waals surface area (Å²) in [7, 11) is 2.02. The Bertz CT molecular complexity index is 591. The van der Waals surface area contributed by atoms with Gasteiger partial charge in [-0.3, -0.25) is 4.90 Å². The molecule has 0 aromatic heterocycles. The maximum atomic E-state index is 8.94. The van der Waals surface area contributed by atoms with Crippen LogP contribution in [0.5, 0.6) is 0 Å². The topological polar surface area (TPSA) is 42.3 Å². The van der Waals surface area contributed by atoms with Gasteiger partial charge in [0.05, 0.1) is 12.1 Å². The molecule has 1 unspecified atom stereocenters. The molecule has 1 N–H and O–H groups in total. The molecule has 23 heavy (non-hydrogen) atoms. The highest BCUT2D eigenvalue weighted by Crippen LogP contribution is 2.34. The maximum Gasteiger partial charge on any atom is 0.0710 e. The number of rotatable bonds is 4. The Morgan fingerprint density at radius 2 is 1.96 bits per heavy atom. The number of benzene rings is 1. The minimum absolute atomic E-state index is 0.224. The normalized spacial score (nSPS) is 23.9. The smallest absolute Gasteiger partial charge is 0.0710 e. The molecule has 1 atom stereocenters. The van der Waals surface area contributed by atoms with Crippen molar-refractivity contribution in [1.29, 1.82) is 5.26 Å². The number of nitrogens with zero attached hydrogens (tertiary/aromatic N) is 3. The third-order valence-electron chi connectivity index (χ3n) is 5.16. The number of piperidine rings is 1. The molecule has 122 valence electrons. The van der Waals surface area contributed by atoms with E-state index in [9.17, 15) is 0 Å². The summed E-state index contributed by atoms with van der Waals surface area (Å²) in [6.45, 7) is 5.45. The van der Waals surface area contributed by atoms with E-state index >= 15 is 0 Å². The first-order chi connectivity index (χ1) is 11.1. The molecule has 4 nitrogen and oxygen atoms in total. The van der Waals surface area contributed by atoms with Crippen molar-refractivity contribution < 1.29 is 0 Å². The van der Waals surface area contributed by atoms with Crippen LogP contribution in [0.15, 0.2) is 36.5 Å². The molecule has 0 amide bonds. The van der Waals surface area contributed by atoms with Crippen LogP contribution in [0.4, 0.5) is 0 Å². The van der Waals surface area contributed by atoms with Gasteiger partial charge in [0.2, 0.25) is 0 Å². The first-order valence-electron chi connectivity index (χ1n) is 8.43. The first-order valence-corrected chi connectivity index (χ1v) is 8.43. The summed E-state index contributed by atoms with van der Waals surface area (Å²) in [5.74, 6) is 0. The van der Waals surface area contributed by atoms with Crippen LogP contribution in [0.3, 0.4) is 0 Å². The summed E-state index contributed by atoms with van der Waals surface area (Å²) in [6.07, 6.45) is 7.18. The Hall–Kier alpha value is -1.83. The highest BCUT2D eigenvalue weighted by Gasteiger charge is 2.29. The fraction of sp³-hybridized carbons (Fsp3) is 0.526. The average Bonchev–Trinajstić information content (AvgIpc) is 2.97. The van der Waals surface area contributed by atoms with Crippen LogP contribution >= 0.6 is 0 Å². The van der Waals surface area contributed by atoms with Gasteiger partial charge >= 0.3 is 0 Å². The zero-order valence-corrected chi connectivity index (χ0v) is 14.1. The van der Waals surface area contributed by atoms with Crippen LogP contribution in [-0.4, -0.2) is 30.0 Å². The lowest BCUT2D eigenvalue weighted by atomic mass is 9.78. The molecule has 0 spiro atoms. The summed E-state index contributed by atoms with van der Waals surface area (Å²) in [4.78, 5) is 2.51. The van der Waals surface area contributed by atoms with Crippen molar-refractivity contribution in [2.45, 2.75) is 38.8 Å². The van der Waals surface area contributed by atoms with E-state index < -0.39 is 0 Å². The number of hydrogen-bond donors (Lipinski definition) is 1. The second-order valence-electron chi connectivity index (χ2n) is 7.22. The standard InChI is InChI=1S/C19H26N4/c1-19(8-11-20)9-13-23(14-10-19)15-16-3-5-17(6-4-16)18-7-12-22(2)21-18/h3-7,12,18,21H,8-10,13-15H2,1-2H3. The third kappa shape index (κ3) is 3.93. The summed E-state index contributed by atoms with van der Waals surface area (Å²) in [5.41, 5.74) is 6.27. The van der Waals surface area contributed by atoms with Crippen LogP contribution in [0.25, 0.3) is 0 Å². The SMILES string of the molecule is CN1C=CC(c2ccc(CN3CCC(C)(CC#N)CC3)cc2)N1. The molecule has 1 aromatic carbocycles. The molecule has 0 bridgehead atoms. The van der Waals surface area contributed by atoms with Crippen molar-refractivity contribution >= 4 is 0 Å². The van der Waals surface area contributed by atoms with Crippen LogP contribution in [0, 0.1) is 16.7 Å². The van der Waals surface area contributed by atoms with Gasteiger partial charge in [-0.15, -0.1) is 0 Å². The van der Waals surface area contributed by atoms with Gasteiger partial charge in [-0.1, -0.05) is 31.2 Å². The number of hydrazine groups is 1. The van der Waals surface area contributed by atoms with Crippen molar-refractivity contribution in [2.75, 3.05) is 20.1 Å². The monoisotopic (exact) mass is 310 g/mol. The molecule has 2 aliphatic heterocycles. The Kier molecular flexibility index (Phi) is 4.70. The Morgan fingerprint density at radius 1 is 1.26 bits per heavy atom. The van der Waals surface area contributed by atoms with E-state index in [1.54, 1.807) is 0 Å². The van der Waals surface area contributed by atoms with Gasteiger partial charge in [-0.25, -0.2) is 5.43 Å². The summed E-state index contributed by atoms with van der Waals surface area (Å²) in [6, 6.07) is 11.6. The van der Waals surface area contributed by atoms with Crippen molar-refractivity contribution in [3.8, 4) is 6.07 Å². The Labute approximate surface area is 139 Å². The second-order valence-corrected chi connectivity index (χ2v) is 7.22. The Morgan fingerprint density at radius 3 is 2.52 bits per heavy atom. The van der Waals surface area contributed by atoms with Crippen molar-refractivity contribution in [3.05, 3.63) is 47.7 Å². The quantitative estimate of drug-likeness (QED) is 0.927. The lowest BCUT2D eigenvalue weighted by Crippen LogP contribution is -2.38. The van der Waals surface area contributed by atoms with Gasteiger partial charge in [-0.05, 0) is 48.5 Å². The molecule has 0 saturated carbocycles. The second kappa shape index (κ2) is 6.74. The minimum Gasteiger partial charge on any atom is -0.318 e. The minimum atomic E-state index is 0.224. The lowest BCUT2D eigenvalue weighted by Gasteiger charge is -2.38. The number of likely N-dealkylation sites (tertiary alicyclic amines) is 1. The lowest BCUT2D eigenvalue weighted by molar-refractivity contribution is 0.116. The molecule has 0 aliphatic carbocycles. The predicted octanol–water partition coefficient (Wildman–Crippen LogP) is 3.21. The van der Waals surface area contributed by atoms with Crippen molar-refractivity contribution in [3.63, 3.8) is 0 Å². The van der Waals surface area contributed by atoms with E-state index in [2.05, 4.69) is 59.9 Å². The van der Waals surface area contributed by atoms with E-state index in [1.165, 1.54) is 11.1 Å². The molecule has 1 aromatic rings. The molecular weight excluding hydrogens is 284 g/mol. The van der Waals surface area contributed by atoms with Crippen molar-refractivity contribution in [2.24, 2.45) is 5.41 Å². The van der Waals surface area contributed by atoms with Gasteiger partial charge in [0.15, 0.2) is 0 Å². The van der Waals surface area contributed by atoms with Gasteiger partial charge in [0, 0.05) is 26.2 Å². The number of nitriles is 1. The highest BCUT2D eigenvalue weighted by atomic mass is 15.5. The van der Waals surface area contributed by atoms with Crippen LogP contribution < -0.4 is 5.43 Å². The van der Waals surface area contributed by atoms with E-state index in [1.807, 2.05) is 12.1 Å². The van der Waals surface area contributed by atoms with E-state index in [0.717, 1.165) is 32.5 Å². The summed E-state index contributed by atoms with van der Waals surface area (Å²) in [5, 5.41) is 10.9. The zero-order valence-electron chi connectivity index (χ0n) is 14.1.